The van der Waals surface area contributed by atoms with Crippen molar-refractivity contribution in [1.82, 2.24) is 5.32 Å². The molecule has 6 heteroatoms. The molecule has 0 unspecified atom stereocenters. The lowest BCUT2D eigenvalue weighted by atomic mass is 10.2. The molecule has 0 spiro atoms. The zero-order valence-corrected chi connectivity index (χ0v) is 14.4. The third-order valence-corrected chi connectivity index (χ3v) is 4.59. The van der Waals surface area contributed by atoms with Crippen LogP contribution in [0, 0.1) is 0 Å². The Morgan fingerprint density at radius 3 is 2.77 bits per heavy atom. The molecule has 2 aromatic rings. The van der Waals surface area contributed by atoms with Crippen LogP contribution < -0.4 is 5.32 Å². The first-order valence-corrected chi connectivity index (χ1v) is 8.40. The van der Waals surface area contributed by atoms with E-state index in [1.807, 2.05) is 42.5 Å². The van der Waals surface area contributed by atoms with Crippen LogP contribution in [0.25, 0.3) is 6.08 Å². The zero-order valence-electron chi connectivity index (χ0n) is 11.2. The lowest BCUT2D eigenvalue weighted by Gasteiger charge is -1.98. The van der Waals surface area contributed by atoms with E-state index in [2.05, 4.69) is 26.2 Å². The third-order valence-electron chi connectivity index (χ3n) is 2.87. The van der Waals surface area contributed by atoms with Crippen molar-refractivity contribution >= 4 is 62.1 Å². The molecule has 110 valence electrons. The highest BCUT2D eigenvalue weighted by atomic mass is 79.9. The lowest BCUT2D eigenvalue weighted by molar-refractivity contribution is -0.115. The number of amides is 1. The lowest BCUT2D eigenvalue weighted by Crippen LogP contribution is -2.19. The van der Waals surface area contributed by atoms with Gasteiger partial charge in [0.05, 0.1) is 15.6 Å². The van der Waals surface area contributed by atoms with Gasteiger partial charge in [-0.1, -0.05) is 51.8 Å². The van der Waals surface area contributed by atoms with Gasteiger partial charge in [0, 0.05) is 4.47 Å². The fourth-order valence-corrected chi connectivity index (χ4v) is 3.31. The summed E-state index contributed by atoms with van der Waals surface area (Å²) in [6.45, 7) is 0. The van der Waals surface area contributed by atoms with Crippen LogP contribution in [0.4, 0.5) is 5.69 Å². The van der Waals surface area contributed by atoms with Crippen LogP contribution in [0.15, 0.2) is 62.9 Å². The van der Waals surface area contributed by atoms with Gasteiger partial charge >= 0.3 is 0 Å². The number of nitrogens with one attached hydrogen (secondary N) is 1. The van der Waals surface area contributed by atoms with E-state index in [1.165, 1.54) is 11.8 Å². The minimum absolute atomic E-state index is 0.157. The predicted molar refractivity (Wildman–Crippen MR) is 96.4 cm³/mol. The van der Waals surface area contributed by atoms with Crippen molar-refractivity contribution in [3.05, 3.63) is 68.5 Å². The maximum atomic E-state index is 12.0. The highest BCUT2D eigenvalue weighted by Gasteiger charge is 2.23. The molecule has 1 N–H and O–H groups in total. The summed E-state index contributed by atoms with van der Waals surface area (Å²) in [7, 11) is 0. The molecule has 1 amide bonds. The standard InChI is InChI=1S/C16H10BrClN2OS/c17-11-5-3-4-10(8-11)9-14-15(21)20-16(22-14)19-13-7-2-1-6-12(13)18/h1-9H,(H,19,20,21)/b14-9+. The summed E-state index contributed by atoms with van der Waals surface area (Å²) in [6.07, 6.45) is 1.83. The molecule has 3 rings (SSSR count). The topological polar surface area (TPSA) is 41.5 Å². The zero-order chi connectivity index (χ0) is 15.5. The van der Waals surface area contributed by atoms with Crippen molar-refractivity contribution in [3.63, 3.8) is 0 Å². The highest BCUT2D eigenvalue weighted by Crippen LogP contribution is 2.30. The summed E-state index contributed by atoms with van der Waals surface area (Å²) < 4.78 is 0.968. The number of hydrogen-bond donors (Lipinski definition) is 1. The monoisotopic (exact) mass is 392 g/mol. The van der Waals surface area contributed by atoms with Gasteiger partial charge in [0.15, 0.2) is 5.17 Å². The molecule has 0 aromatic heterocycles. The normalized spacial score (nSPS) is 18.0. The largest absolute Gasteiger partial charge is 0.300 e. The SMILES string of the molecule is O=C1NC(=Nc2ccccc2Cl)S/C1=C/c1cccc(Br)c1. The van der Waals surface area contributed by atoms with Crippen LogP contribution in [0.1, 0.15) is 5.56 Å². The number of para-hydroxylation sites is 1. The number of thioether (sulfide) groups is 1. The number of hydrogen-bond acceptors (Lipinski definition) is 3. The molecule has 0 radical (unpaired) electrons. The molecular weight excluding hydrogens is 384 g/mol. The van der Waals surface area contributed by atoms with E-state index < -0.39 is 0 Å². The van der Waals surface area contributed by atoms with E-state index in [4.69, 9.17) is 11.6 Å². The number of rotatable bonds is 2. The van der Waals surface area contributed by atoms with Crippen molar-refractivity contribution < 1.29 is 4.79 Å². The molecule has 1 aliphatic heterocycles. The Morgan fingerprint density at radius 1 is 1.18 bits per heavy atom. The smallest absolute Gasteiger partial charge is 0.264 e. The first-order valence-electron chi connectivity index (χ1n) is 6.41. The Hall–Kier alpha value is -1.56. The molecule has 1 aliphatic rings. The van der Waals surface area contributed by atoms with Crippen LogP contribution >= 0.6 is 39.3 Å². The molecule has 1 fully saturated rings. The van der Waals surface area contributed by atoms with Crippen molar-refractivity contribution in [2.75, 3.05) is 0 Å². The fraction of sp³-hybridized carbons (Fsp3) is 0. The van der Waals surface area contributed by atoms with Gasteiger partial charge in [-0.05, 0) is 47.7 Å². The van der Waals surface area contributed by atoms with Gasteiger partial charge in [-0.15, -0.1) is 0 Å². The second-order valence-corrected chi connectivity index (χ2v) is 6.84. The Balaban J connectivity index is 1.86. The van der Waals surface area contributed by atoms with Crippen LogP contribution in [0.5, 0.6) is 0 Å². The van der Waals surface area contributed by atoms with E-state index in [-0.39, 0.29) is 5.91 Å². The fourth-order valence-electron chi connectivity index (χ4n) is 1.88. The number of halogens is 2. The van der Waals surface area contributed by atoms with Gasteiger partial charge in [0.2, 0.25) is 0 Å². The van der Waals surface area contributed by atoms with Gasteiger partial charge < -0.3 is 5.32 Å². The van der Waals surface area contributed by atoms with Crippen molar-refractivity contribution in [2.45, 2.75) is 0 Å². The summed E-state index contributed by atoms with van der Waals surface area (Å²) in [5.74, 6) is -0.157. The van der Waals surface area contributed by atoms with E-state index in [1.54, 1.807) is 12.1 Å². The third kappa shape index (κ3) is 3.61. The summed E-state index contributed by atoms with van der Waals surface area (Å²) in [6, 6.07) is 15.0. The van der Waals surface area contributed by atoms with Gasteiger partial charge in [0.25, 0.3) is 5.91 Å². The maximum absolute atomic E-state index is 12.0. The molecule has 0 aliphatic carbocycles. The molecule has 2 aromatic carbocycles. The van der Waals surface area contributed by atoms with Crippen molar-refractivity contribution in [1.29, 1.82) is 0 Å². The number of carbonyl (C=O) groups excluding carboxylic acids is 1. The van der Waals surface area contributed by atoms with Gasteiger partial charge in [-0.2, -0.15) is 0 Å². The first kappa shape index (κ1) is 15.3. The van der Waals surface area contributed by atoms with E-state index in [9.17, 15) is 4.79 Å². The minimum atomic E-state index is -0.157. The highest BCUT2D eigenvalue weighted by molar-refractivity contribution is 9.10. The Morgan fingerprint density at radius 2 is 2.00 bits per heavy atom. The second-order valence-electron chi connectivity index (χ2n) is 4.49. The van der Waals surface area contributed by atoms with Gasteiger partial charge in [-0.3, -0.25) is 4.79 Å². The van der Waals surface area contributed by atoms with Crippen LogP contribution in [-0.2, 0) is 4.79 Å². The maximum Gasteiger partial charge on any atom is 0.264 e. The van der Waals surface area contributed by atoms with Crippen molar-refractivity contribution in [3.8, 4) is 0 Å². The molecule has 22 heavy (non-hydrogen) atoms. The summed E-state index contributed by atoms with van der Waals surface area (Å²) in [5, 5.41) is 3.83. The number of amidine groups is 1. The summed E-state index contributed by atoms with van der Waals surface area (Å²) >= 11 is 10.8. The molecular formula is C16H10BrClN2OS. The quantitative estimate of drug-likeness (QED) is 0.730. The average Bonchev–Trinajstić information content (AvgIpc) is 2.81. The van der Waals surface area contributed by atoms with Gasteiger partial charge in [-0.25, -0.2) is 4.99 Å². The van der Waals surface area contributed by atoms with Crippen LogP contribution in [0.2, 0.25) is 5.02 Å². The Labute approximate surface area is 145 Å². The van der Waals surface area contributed by atoms with E-state index >= 15 is 0 Å². The van der Waals surface area contributed by atoms with E-state index in [0.29, 0.717) is 20.8 Å². The average molecular weight is 394 g/mol. The van der Waals surface area contributed by atoms with Crippen LogP contribution in [-0.4, -0.2) is 11.1 Å². The minimum Gasteiger partial charge on any atom is -0.300 e. The van der Waals surface area contributed by atoms with E-state index in [0.717, 1.165) is 10.0 Å². The number of carbonyl (C=O) groups is 1. The predicted octanol–water partition coefficient (Wildman–Crippen LogP) is 4.99. The number of aliphatic imine (C=N–C) groups is 1. The first-order chi connectivity index (χ1) is 10.6. The second kappa shape index (κ2) is 6.69. The Kier molecular flexibility index (Phi) is 4.66. The van der Waals surface area contributed by atoms with Gasteiger partial charge in [0.1, 0.15) is 0 Å². The molecule has 3 nitrogen and oxygen atoms in total. The van der Waals surface area contributed by atoms with Crippen molar-refractivity contribution in [2.24, 2.45) is 4.99 Å². The molecule has 1 heterocycles. The molecule has 1 saturated heterocycles. The number of benzene rings is 2. The Bertz CT molecular complexity index is 804. The van der Waals surface area contributed by atoms with Crippen LogP contribution in [0.3, 0.4) is 0 Å². The summed E-state index contributed by atoms with van der Waals surface area (Å²) in [4.78, 5) is 17.0. The molecule has 0 saturated carbocycles. The molecule has 0 bridgehead atoms. The number of nitrogens with zero attached hydrogens (tertiary/aromatic N) is 1. The summed E-state index contributed by atoms with van der Waals surface area (Å²) in [5.41, 5.74) is 1.58. The molecule has 0 atom stereocenters.